The number of benzene rings is 1. The van der Waals surface area contributed by atoms with Crippen molar-refractivity contribution >= 4 is 16.0 Å². The van der Waals surface area contributed by atoms with Crippen LogP contribution in [0.15, 0.2) is 30.3 Å². The zero-order valence-corrected chi connectivity index (χ0v) is 8.38. The van der Waals surface area contributed by atoms with E-state index in [1.165, 1.54) is 0 Å². The van der Waals surface area contributed by atoms with Crippen molar-refractivity contribution in [2.75, 3.05) is 0 Å². The Kier molecular flexibility index (Phi) is 3.57. The average Bonchev–Trinajstić information content (AvgIpc) is 2.15. The van der Waals surface area contributed by atoms with Crippen molar-refractivity contribution in [2.24, 2.45) is 0 Å². The summed E-state index contributed by atoms with van der Waals surface area (Å²) < 4.78 is 21.5. The van der Waals surface area contributed by atoms with Gasteiger partial charge in [-0.15, -0.1) is 0 Å². The summed E-state index contributed by atoms with van der Waals surface area (Å²) in [6, 6.07) is 8.65. The molecule has 0 amide bonds. The molecular formula is C10H8NO2S-. The lowest BCUT2D eigenvalue weighted by molar-refractivity contribution is 0.548. The molecule has 1 unspecified atom stereocenters. The molecule has 0 N–H and O–H groups in total. The van der Waals surface area contributed by atoms with E-state index in [0.717, 1.165) is 11.6 Å². The van der Waals surface area contributed by atoms with E-state index in [0.29, 0.717) is 5.56 Å². The quantitative estimate of drug-likeness (QED) is 0.547. The molecule has 14 heavy (non-hydrogen) atoms. The molecule has 0 heterocycles. The molecule has 1 aromatic rings. The highest BCUT2D eigenvalue weighted by Crippen LogP contribution is 2.17. The molecule has 72 valence electrons. The number of allylic oxidation sites excluding steroid dienone is 1. The highest BCUT2D eigenvalue weighted by Gasteiger charge is 2.00. The van der Waals surface area contributed by atoms with Crippen molar-refractivity contribution in [1.82, 2.24) is 0 Å². The predicted octanol–water partition coefficient (Wildman–Crippen LogP) is 1.74. The molecule has 0 aliphatic heterocycles. The molecule has 0 saturated carbocycles. The van der Waals surface area contributed by atoms with Crippen molar-refractivity contribution in [2.45, 2.75) is 6.92 Å². The molecular weight excluding hydrogens is 198 g/mol. The van der Waals surface area contributed by atoms with Crippen LogP contribution in [0, 0.1) is 18.3 Å². The van der Waals surface area contributed by atoms with Crippen LogP contribution in [-0.2, 0) is 11.1 Å². The molecule has 0 spiro atoms. The summed E-state index contributed by atoms with van der Waals surface area (Å²) in [5.74, 6) is 0. The van der Waals surface area contributed by atoms with Crippen LogP contribution in [-0.4, -0.2) is 8.76 Å². The maximum Gasteiger partial charge on any atom is 0.0924 e. The fraction of sp³-hybridized carbons (Fsp3) is 0.100. The van der Waals surface area contributed by atoms with Gasteiger partial charge in [-0.3, -0.25) is 4.21 Å². The van der Waals surface area contributed by atoms with Crippen molar-refractivity contribution < 1.29 is 8.76 Å². The largest absolute Gasteiger partial charge is 0.768 e. The molecule has 0 aliphatic rings. The van der Waals surface area contributed by atoms with Gasteiger partial charge in [-0.1, -0.05) is 29.8 Å². The van der Waals surface area contributed by atoms with Crippen LogP contribution in [0.2, 0.25) is 0 Å². The van der Waals surface area contributed by atoms with Gasteiger partial charge in [-0.25, -0.2) is 0 Å². The van der Waals surface area contributed by atoms with Crippen LogP contribution in [0.4, 0.5) is 0 Å². The Labute approximate surface area is 85.0 Å². The second-order valence-corrected chi connectivity index (χ2v) is 3.65. The lowest BCUT2D eigenvalue weighted by Gasteiger charge is -2.09. The number of hydrogen-bond acceptors (Lipinski definition) is 3. The fourth-order valence-corrected chi connectivity index (χ4v) is 1.48. The first-order chi connectivity index (χ1) is 6.65. The normalized spacial score (nSPS) is 13.4. The molecule has 3 nitrogen and oxygen atoms in total. The Hall–Kier alpha value is -1.44. The van der Waals surface area contributed by atoms with Gasteiger partial charge in [0.1, 0.15) is 0 Å². The third kappa shape index (κ3) is 2.52. The molecule has 0 fully saturated rings. The zero-order valence-electron chi connectivity index (χ0n) is 7.56. The van der Waals surface area contributed by atoms with Crippen LogP contribution in [0.25, 0.3) is 4.91 Å². The lowest BCUT2D eigenvalue weighted by Crippen LogP contribution is -1.92. The van der Waals surface area contributed by atoms with Gasteiger partial charge in [-0.2, -0.15) is 5.26 Å². The van der Waals surface area contributed by atoms with Gasteiger partial charge in [0.2, 0.25) is 0 Å². The van der Waals surface area contributed by atoms with E-state index in [1.807, 2.05) is 6.92 Å². The SMILES string of the molecule is Cc1ccc(/C(=C\C#N)S(=O)[O-])cc1. The topological polar surface area (TPSA) is 63.9 Å². The van der Waals surface area contributed by atoms with Gasteiger partial charge >= 0.3 is 0 Å². The van der Waals surface area contributed by atoms with Crippen molar-refractivity contribution in [3.05, 3.63) is 41.5 Å². The first-order valence-corrected chi connectivity index (χ1v) is 4.98. The monoisotopic (exact) mass is 206 g/mol. The van der Waals surface area contributed by atoms with E-state index in [9.17, 15) is 8.76 Å². The van der Waals surface area contributed by atoms with Gasteiger partial charge in [-0.05, 0) is 23.6 Å². The number of nitriles is 1. The first-order valence-electron chi connectivity index (χ1n) is 3.91. The third-order valence-corrected chi connectivity index (χ3v) is 2.42. The zero-order chi connectivity index (χ0) is 10.6. The minimum Gasteiger partial charge on any atom is -0.768 e. The van der Waals surface area contributed by atoms with Crippen molar-refractivity contribution in [3.8, 4) is 6.07 Å². The minimum atomic E-state index is -2.37. The molecule has 1 rings (SSSR count). The summed E-state index contributed by atoms with van der Waals surface area (Å²) in [7, 11) is 0. The van der Waals surface area contributed by atoms with Gasteiger partial charge in [0, 0.05) is 11.0 Å². The van der Waals surface area contributed by atoms with E-state index >= 15 is 0 Å². The maximum absolute atomic E-state index is 10.8. The van der Waals surface area contributed by atoms with Gasteiger partial charge in [0.15, 0.2) is 0 Å². The van der Waals surface area contributed by atoms with Gasteiger partial charge in [0.25, 0.3) is 0 Å². The van der Waals surface area contributed by atoms with E-state index in [-0.39, 0.29) is 4.91 Å². The molecule has 0 radical (unpaired) electrons. The predicted molar refractivity (Wildman–Crippen MR) is 53.7 cm³/mol. The van der Waals surface area contributed by atoms with Crippen LogP contribution in [0.5, 0.6) is 0 Å². The molecule has 1 aromatic carbocycles. The molecule has 4 heteroatoms. The van der Waals surface area contributed by atoms with Crippen molar-refractivity contribution in [3.63, 3.8) is 0 Å². The molecule has 0 bridgehead atoms. The number of hydrogen-bond donors (Lipinski definition) is 0. The average molecular weight is 206 g/mol. The summed E-state index contributed by atoms with van der Waals surface area (Å²) in [6.07, 6.45) is 1.02. The summed E-state index contributed by atoms with van der Waals surface area (Å²) in [4.78, 5) is 0.0208. The smallest absolute Gasteiger partial charge is 0.0924 e. The van der Waals surface area contributed by atoms with E-state index in [4.69, 9.17) is 5.26 Å². The van der Waals surface area contributed by atoms with Crippen LogP contribution < -0.4 is 0 Å². The molecule has 0 saturated heterocycles. The van der Waals surface area contributed by atoms with Crippen LogP contribution in [0.3, 0.4) is 0 Å². The van der Waals surface area contributed by atoms with E-state index in [1.54, 1.807) is 30.3 Å². The second-order valence-electron chi connectivity index (χ2n) is 2.74. The minimum absolute atomic E-state index is 0.0208. The Morgan fingerprint density at radius 1 is 1.50 bits per heavy atom. The first kappa shape index (κ1) is 10.6. The van der Waals surface area contributed by atoms with Gasteiger partial charge in [0.05, 0.1) is 6.07 Å². The van der Waals surface area contributed by atoms with Crippen LogP contribution >= 0.6 is 0 Å². The summed E-state index contributed by atoms with van der Waals surface area (Å²) in [6.45, 7) is 1.91. The second kappa shape index (κ2) is 4.70. The molecule has 0 aliphatic carbocycles. The Morgan fingerprint density at radius 2 is 2.07 bits per heavy atom. The summed E-state index contributed by atoms with van der Waals surface area (Å²) in [5.41, 5.74) is 1.58. The van der Waals surface area contributed by atoms with Crippen LogP contribution in [0.1, 0.15) is 11.1 Å². The third-order valence-electron chi connectivity index (χ3n) is 1.71. The van der Waals surface area contributed by atoms with E-state index < -0.39 is 11.1 Å². The number of nitrogens with zero attached hydrogens (tertiary/aromatic N) is 1. The molecule has 1 atom stereocenters. The van der Waals surface area contributed by atoms with Gasteiger partial charge < -0.3 is 4.55 Å². The van der Waals surface area contributed by atoms with E-state index in [2.05, 4.69) is 0 Å². The molecule has 0 aromatic heterocycles. The Balaban J connectivity index is 3.14. The number of rotatable bonds is 2. The number of aryl methyl sites for hydroxylation is 1. The Bertz CT molecular complexity index is 415. The lowest BCUT2D eigenvalue weighted by atomic mass is 10.1. The summed E-state index contributed by atoms with van der Waals surface area (Å²) in [5, 5.41) is 8.40. The highest BCUT2D eigenvalue weighted by molar-refractivity contribution is 7.89. The highest BCUT2D eigenvalue weighted by atomic mass is 32.2. The summed E-state index contributed by atoms with van der Waals surface area (Å²) >= 11 is -2.37. The standard InChI is InChI=1S/C10H9NO2S/c1-8-2-4-9(5-3-8)10(6-7-11)14(12)13/h2-6H,1H3,(H,12,13)/p-1/b10-6+. The van der Waals surface area contributed by atoms with Crippen molar-refractivity contribution in [1.29, 1.82) is 5.26 Å². The fourth-order valence-electron chi connectivity index (χ4n) is 1.00. The Morgan fingerprint density at radius 3 is 2.50 bits per heavy atom. The maximum atomic E-state index is 10.8.